The van der Waals surface area contributed by atoms with Gasteiger partial charge in [-0.3, -0.25) is 0 Å². The summed E-state index contributed by atoms with van der Waals surface area (Å²) in [4.78, 5) is 22.8. The predicted molar refractivity (Wildman–Crippen MR) is 75.8 cm³/mol. The lowest BCUT2D eigenvalue weighted by atomic mass is 10.1. The van der Waals surface area contributed by atoms with E-state index in [0.717, 1.165) is 11.3 Å². The number of nitrogens with zero attached hydrogens (tertiary/aromatic N) is 2. The van der Waals surface area contributed by atoms with Gasteiger partial charge in [0.25, 0.3) is 0 Å². The van der Waals surface area contributed by atoms with Gasteiger partial charge in [0.1, 0.15) is 11.6 Å². The maximum absolute atomic E-state index is 11.0. The molecule has 0 unspecified atom stereocenters. The molecule has 0 aliphatic heterocycles. The van der Waals surface area contributed by atoms with Gasteiger partial charge < -0.3 is 15.4 Å². The molecule has 3 rings (SSSR count). The highest BCUT2D eigenvalue weighted by Gasteiger charge is 2.09. The molecule has 100 valence electrons. The van der Waals surface area contributed by atoms with Crippen LogP contribution in [0.5, 0.6) is 0 Å². The highest BCUT2D eigenvalue weighted by molar-refractivity contribution is 5.89. The van der Waals surface area contributed by atoms with Gasteiger partial charge in [0, 0.05) is 12.6 Å². The Hall–Kier alpha value is -2.89. The highest BCUT2D eigenvalue weighted by Crippen LogP contribution is 2.21. The van der Waals surface area contributed by atoms with Gasteiger partial charge in [0.2, 0.25) is 0 Å². The molecule has 0 bridgehead atoms. The van der Waals surface area contributed by atoms with Crippen molar-refractivity contribution >= 4 is 23.0 Å². The summed E-state index contributed by atoms with van der Waals surface area (Å²) in [5.41, 5.74) is 2.34. The monoisotopic (exact) mass is 268 g/mol. The first-order valence-electron chi connectivity index (χ1n) is 6.05. The molecular weight excluding hydrogens is 256 g/mol. The van der Waals surface area contributed by atoms with E-state index in [2.05, 4.69) is 20.3 Å². The second-order valence-electron chi connectivity index (χ2n) is 4.29. The van der Waals surface area contributed by atoms with Crippen LogP contribution in [-0.4, -0.2) is 33.1 Å². The van der Waals surface area contributed by atoms with Crippen LogP contribution < -0.4 is 5.32 Å². The van der Waals surface area contributed by atoms with Crippen molar-refractivity contribution in [2.24, 2.45) is 0 Å². The largest absolute Gasteiger partial charge is 0.478 e. The summed E-state index contributed by atoms with van der Waals surface area (Å²) in [7, 11) is 1.79. The fraction of sp³-hybridized carbons (Fsp3) is 0.0714. The third-order valence-electron chi connectivity index (χ3n) is 2.99. The Morgan fingerprint density at radius 3 is 2.85 bits per heavy atom. The summed E-state index contributed by atoms with van der Waals surface area (Å²) in [6.45, 7) is 0. The minimum atomic E-state index is -0.960. The fourth-order valence-corrected chi connectivity index (χ4v) is 1.97. The lowest BCUT2D eigenvalue weighted by molar-refractivity contribution is 0.0697. The van der Waals surface area contributed by atoms with Gasteiger partial charge in [0.15, 0.2) is 5.65 Å². The zero-order valence-electron chi connectivity index (χ0n) is 10.7. The molecule has 3 aromatic rings. The number of pyridine rings is 1. The lowest BCUT2D eigenvalue weighted by Crippen LogP contribution is -1.96. The van der Waals surface area contributed by atoms with Gasteiger partial charge in [-0.05, 0) is 24.3 Å². The number of rotatable bonds is 3. The molecule has 0 aliphatic carbocycles. The first-order chi connectivity index (χ1) is 9.67. The summed E-state index contributed by atoms with van der Waals surface area (Å²) in [6, 6.07) is 10.4. The van der Waals surface area contributed by atoms with Crippen LogP contribution in [0.1, 0.15) is 10.4 Å². The van der Waals surface area contributed by atoms with Crippen LogP contribution in [0, 0.1) is 0 Å². The number of carboxylic acid groups (broad SMARTS) is 1. The number of carbonyl (C=O) groups is 1. The molecule has 3 N–H and O–H groups in total. The molecule has 1 aromatic carbocycles. The average molecular weight is 268 g/mol. The summed E-state index contributed by atoms with van der Waals surface area (Å²) < 4.78 is 0. The number of aromatic carboxylic acids is 1. The van der Waals surface area contributed by atoms with Crippen molar-refractivity contribution < 1.29 is 9.90 Å². The standard InChI is InChI=1S/C14H12N4O2/c1-15-11-6-5-10-13(17-11)18-12(16-10)8-3-2-4-9(7-8)14(19)20/h2-7H,1H3,(H,19,20)(H2,15,16,17,18). The molecule has 2 aromatic heterocycles. The number of aromatic nitrogens is 3. The molecule has 0 spiro atoms. The zero-order valence-corrected chi connectivity index (χ0v) is 10.7. The van der Waals surface area contributed by atoms with E-state index < -0.39 is 5.97 Å². The number of hydrogen-bond donors (Lipinski definition) is 3. The number of anilines is 1. The smallest absolute Gasteiger partial charge is 0.335 e. The topological polar surface area (TPSA) is 90.9 Å². The summed E-state index contributed by atoms with van der Waals surface area (Å²) in [5, 5.41) is 12.0. The molecule has 6 heteroatoms. The minimum absolute atomic E-state index is 0.229. The van der Waals surface area contributed by atoms with E-state index >= 15 is 0 Å². The maximum atomic E-state index is 11.0. The van der Waals surface area contributed by atoms with E-state index in [0.29, 0.717) is 17.0 Å². The van der Waals surface area contributed by atoms with E-state index in [1.165, 1.54) is 0 Å². The summed E-state index contributed by atoms with van der Waals surface area (Å²) in [5.74, 6) is 0.372. The number of carboxylic acids is 1. The van der Waals surface area contributed by atoms with Crippen LogP contribution in [0.2, 0.25) is 0 Å². The number of benzene rings is 1. The Bertz CT molecular complexity index is 795. The Labute approximate surface area is 114 Å². The van der Waals surface area contributed by atoms with Gasteiger partial charge in [0.05, 0.1) is 11.1 Å². The average Bonchev–Trinajstić information content (AvgIpc) is 2.90. The fourth-order valence-electron chi connectivity index (χ4n) is 1.97. The summed E-state index contributed by atoms with van der Waals surface area (Å²) >= 11 is 0. The van der Waals surface area contributed by atoms with Gasteiger partial charge in [-0.2, -0.15) is 0 Å². The molecule has 20 heavy (non-hydrogen) atoms. The highest BCUT2D eigenvalue weighted by atomic mass is 16.4. The second-order valence-corrected chi connectivity index (χ2v) is 4.29. The molecule has 0 amide bonds. The molecule has 0 radical (unpaired) electrons. The zero-order chi connectivity index (χ0) is 14.1. The number of H-pyrrole nitrogens is 1. The first kappa shape index (κ1) is 12.2. The van der Waals surface area contributed by atoms with Gasteiger partial charge in [-0.15, -0.1) is 0 Å². The molecule has 2 heterocycles. The van der Waals surface area contributed by atoms with Crippen molar-refractivity contribution in [1.29, 1.82) is 0 Å². The van der Waals surface area contributed by atoms with Gasteiger partial charge >= 0.3 is 5.97 Å². The number of aromatic amines is 1. The van der Waals surface area contributed by atoms with Crippen LogP contribution in [-0.2, 0) is 0 Å². The molecule has 0 saturated carbocycles. The van der Waals surface area contributed by atoms with E-state index in [9.17, 15) is 4.79 Å². The van der Waals surface area contributed by atoms with Gasteiger partial charge in [-0.25, -0.2) is 14.8 Å². The quantitative estimate of drug-likeness (QED) is 0.678. The van der Waals surface area contributed by atoms with E-state index in [-0.39, 0.29) is 5.56 Å². The number of hydrogen-bond acceptors (Lipinski definition) is 4. The Kier molecular flexibility index (Phi) is 2.83. The molecule has 0 fully saturated rings. The van der Waals surface area contributed by atoms with E-state index in [1.54, 1.807) is 25.2 Å². The molecule has 6 nitrogen and oxygen atoms in total. The van der Waals surface area contributed by atoms with Crippen molar-refractivity contribution in [3.05, 3.63) is 42.0 Å². The molecule has 0 atom stereocenters. The second kappa shape index (κ2) is 4.65. The van der Waals surface area contributed by atoms with Crippen LogP contribution in [0.25, 0.3) is 22.6 Å². The number of nitrogens with one attached hydrogen (secondary N) is 2. The van der Waals surface area contributed by atoms with Crippen LogP contribution in [0.3, 0.4) is 0 Å². The first-order valence-corrected chi connectivity index (χ1v) is 6.05. The van der Waals surface area contributed by atoms with E-state index in [4.69, 9.17) is 5.11 Å². The molecule has 0 saturated heterocycles. The maximum Gasteiger partial charge on any atom is 0.335 e. The van der Waals surface area contributed by atoms with Crippen LogP contribution in [0.4, 0.5) is 5.82 Å². The Morgan fingerprint density at radius 1 is 1.25 bits per heavy atom. The van der Waals surface area contributed by atoms with Crippen molar-refractivity contribution in [2.45, 2.75) is 0 Å². The van der Waals surface area contributed by atoms with Crippen LogP contribution >= 0.6 is 0 Å². The van der Waals surface area contributed by atoms with Crippen molar-refractivity contribution in [1.82, 2.24) is 15.0 Å². The van der Waals surface area contributed by atoms with Crippen molar-refractivity contribution in [3.8, 4) is 11.4 Å². The lowest BCUT2D eigenvalue weighted by Gasteiger charge is -1.98. The predicted octanol–water partition coefficient (Wildman–Crippen LogP) is 2.36. The van der Waals surface area contributed by atoms with Gasteiger partial charge in [-0.1, -0.05) is 12.1 Å². The number of imidazole rings is 1. The Balaban J connectivity index is 2.10. The Morgan fingerprint density at radius 2 is 2.10 bits per heavy atom. The number of fused-ring (bicyclic) bond motifs is 1. The normalized spacial score (nSPS) is 10.7. The minimum Gasteiger partial charge on any atom is -0.478 e. The van der Waals surface area contributed by atoms with E-state index in [1.807, 2.05) is 18.2 Å². The SMILES string of the molecule is CNc1ccc2[nH]c(-c3cccc(C(=O)O)c3)nc2n1. The van der Waals surface area contributed by atoms with Crippen LogP contribution in [0.15, 0.2) is 36.4 Å². The third-order valence-corrected chi connectivity index (χ3v) is 2.99. The molecule has 0 aliphatic rings. The molecular formula is C14H12N4O2. The summed E-state index contributed by atoms with van der Waals surface area (Å²) in [6.07, 6.45) is 0. The third kappa shape index (κ3) is 2.07. The van der Waals surface area contributed by atoms with Crippen molar-refractivity contribution in [3.63, 3.8) is 0 Å². The van der Waals surface area contributed by atoms with Crippen molar-refractivity contribution in [2.75, 3.05) is 12.4 Å².